The van der Waals surface area contributed by atoms with Crippen molar-refractivity contribution in [1.82, 2.24) is 20.2 Å². The number of anilines is 1. The number of nitrogens with one attached hydrogen (secondary N) is 1. The van der Waals surface area contributed by atoms with Crippen LogP contribution in [-0.2, 0) is 4.79 Å². The summed E-state index contributed by atoms with van der Waals surface area (Å²) in [6.45, 7) is 2.52. The van der Waals surface area contributed by atoms with Crippen LogP contribution >= 0.6 is 11.8 Å². The van der Waals surface area contributed by atoms with Gasteiger partial charge in [-0.25, -0.2) is 0 Å². The minimum absolute atomic E-state index is 0.154. The number of carbonyl (C=O) groups excluding carboxylic acids is 1. The first-order chi connectivity index (χ1) is 13.2. The van der Waals surface area contributed by atoms with Gasteiger partial charge in [-0.05, 0) is 53.7 Å². The van der Waals surface area contributed by atoms with Crippen molar-refractivity contribution in [2.75, 3.05) is 24.8 Å². The van der Waals surface area contributed by atoms with Gasteiger partial charge in [0.05, 0.1) is 19.5 Å². The molecule has 1 aromatic heterocycles. The Morgan fingerprint density at radius 3 is 2.70 bits per heavy atom. The summed E-state index contributed by atoms with van der Waals surface area (Å²) in [7, 11) is 1.58. The maximum Gasteiger partial charge on any atom is 0.234 e. The molecule has 0 fully saturated rings. The fourth-order valence-corrected chi connectivity index (χ4v) is 3.04. The van der Waals surface area contributed by atoms with E-state index in [1.807, 2.05) is 43.3 Å². The molecule has 8 nitrogen and oxygen atoms in total. The molecule has 2 aromatic carbocycles. The van der Waals surface area contributed by atoms with Crippen LogP contribution < -0.4 is 14.8 Å². The molecular formula is C18H19N5O3S. The minimum atomic E-state index is -0.154. The maximum atomic E-state index is 12.2. The molecule has 0 saturated carbocycles. The normalized spacial score (nSPS) is 10.4. The van der Waals surface area contributed by atoms with Crippen LogP contribution in [0.5, 0.6) is 11.5 Å². The molecule has 0 radical (unpaired) electrons. The summed E-state index contributed by atoms with van der Waals surface area (Å²) >= 11 is 1.24. The Bertz CT molecular complexity index is 898. The van der Waals surface area contributed by atoms with Crippen molar-refractivity contribution >= 4 is 23.4 Å². The third kappa shape index (κ3) is 4.76. The molecule has 1 heterocycles. The Labute approximate surface area is 160 Å². The smallest absolute Gasteiger partial charge is 0.234 e. The zero-order valence-corrected chi connectivity index (χ0v) is 15.8. The third-order valence-corrected chi connectivity index (χ3v) is 4.46. The summed E-state index contributed by atoms with van der Waals surface area (Å²) in [5.41, 5.74) is 1.41. The number of rotatable bonds is 8. The highest BCUT2D eigenvalue weighted by molar-refractivity contribution is 7.99. The first kappa shape index (κ1) is 18.7. The van der Waals surface area contributed by atoms with Gasteiger partial charge in [0.2, 0.25) is 11.1 Å². The van der Waals surface area contributed by atoms with E-state index in [0.717, 1.165) is 5.75 Å². The molecule has 0 saturated heterocycles. The zero-order valence-electron chi connectivity index (χ0n) is 15.0. The second-order valence-corrected chi connectivity index (χ2v) is 6.28. The van der Waals surface area contributed by atoms with Crippen LogP contribution in [0.3, 0.4) is 0 Å². The zero-order chi connectivity index (χ0) is 19.1. The Hall–Kier alpha value is -3.07. The molecule has 140 valence electrons. The molecule has 0 atom stereocenters. The minimum Gasteiger partial charge on any atom is -0.494 e. The predicted octanol–water partition coefficient (Wildman–Crippen LogP) is 2.80. The fourth-order valence-electron chi connectivity index (χ4n) is 2.35. The van der Waals surface area contributed by atoms with Crippen LogP contribution in [0, 0.1) is 0 Å². The molecule has 1 N–H and O–H groups in total. The molecule has 1 amide bonds. The number of ether oxygens (including phenoxy) is 2. The van der Waals surface area contributed by atoms with E-state index in [1.54, 1.807) is 23.9 Å². The Balaban J connectivity index is 1.62. The number of hydrogen-bond acceptors (Lipinski definition) is 7. The van der Waals surface area contributed by atoms with Gasteiger partial charge in [0, 0.05) is 5.69 Å². The molecule has 0 spiro atoms. The van der Waals surface area contributed by atoms with Crippen molar-refractivity contribution in [1.29, 1.82) is 0 Å². The van der Waals surface area contributed by atoms with Crippen molar-refractivity contribution in [2.24, 2.45) is 0 Å². The second kappa shape index (κ2) is 9.04. The number of aromatic nitrogens is 4. The van der Waals surface area contributed by atoms with E-state index in [9.17, 15) is 4.79 Å². The number of tetrazole rings is 1. The van der Waals surface area contributed by atoms with Crippen LogP contribution in [0.15, 0.2) is 53.7 Å². The van der Waals surface area contributed by atoms with Gasteiger partial charge in [0.15, 0.2) is 0 Å². The van der Waals surface area contributed by atoms with Gasteiger partial charge in [-0.1, -0.05) is 23.9 Å². The van der Waals surface area contributed by atoms with E-state index in [-0.39, 0.29) is 11.7 Å². The van der Waals surface area contributed by atoms with E-state index >= 15 is 0 Å². The number of amides is 1. The van der Waals surface area contributed by atoms with Crippen molar-refractivity contribution in [3.8, 4) is 17.2 Å². The van der Waals surface area contributed by atoms with Gasteiger partial charge in [-0.2, -0.15) is 4.68 Å². The van der Waals surface area contributed by atoms with Crippen molar-refractivity contribution in [3.05, 3.63) is 48.5 Å². The van der Waals surface area contributed by atoms with Crippen LogP contribution in [0.4, 0.5) is 5.69 Å². The maximum absolute atomic E-state index is 12.2. The fraction of sp³-hybridized carbons (Fsp3) is 0.222. The highest BCUT2D eigenvalue weighted by Crippen LogP contribution is 2.25. The van der Waals surface area contributed by atoms with Crippen LogP contribution in [0.25, 0.3) is 5.69 Å². The van der Waals surface area contributed by atoms with E-state index in [4.69, 9.17) is 9.47 Å². The van der Waals surface area contributed by atoms with Gasteiger partial charge in [-0.3, -0.25) is 4.79 Å². The number of methoxy groups -OCH3 is 1. The second-order valence-electron chi connectivity index (χ2n) is 5.34. The molecule has 0 bridgehead atoms. The average Bonchev–Trinajstić information content (AvgIpc) is 3.16. The van der Waals surface area contributed by atoms with Gasteiger partial charge < -0.3 is 14.8 Å². The molecular weight excluding hydrogens is 366 g/mol. The highest BCUT2D eigenvalue weighted by atomic mass is 32.2. The number of thioether (sulfide) groups is 1. The summed E-state index contributed by atoms with van der Waals surface area (Å²) in [5.74, 6) is 1.42. The monoisotopic (exact) mass is 385 g/mol. The largest absolute Gasteiger partial charge is 0.494 e. The molecule has 0 aliphatic heterocycles. The Kier molecular flexibility index (Phi) is 6.26. The van der Waals surface area contributed by atoms with Gasteiger partial charge in [0.1, 0.15) is 17.2 Å². The summed E-state index contributed by atoms with van der Waals surface area (Å²) < 4.78 is 12.3. The number of nitrogens with zero attached hydrogens (tertiary/aromatic N) is 4. The molecule has 9 heteroatoms. The van der Waals surface area contributed by atoms with Crippen LogP contribution in [0.2, 0.25) is 0 Å². The van der Waals surface area contributed by atoms with E-state index in [2.05, 4.69) is 20.8 Å². The molecule has 0 unspecified atom stereocenters. The molecule has 27 heavy (non-hydrogen) atoms. The Morgan fingerprint density at radius 2 is 1.96 bits per heavy atom. The first-order valence-corrected chi connectivity index (χ1v) is 9.27. The van der Waals surface area contributed by atoms with E-state index < -0.39 is 0 Å². The lowest BCUT2D eigenvalue weighted by Gasteiger charge is -2.09. The van der Waals surface area contributed by atoms with Gasteiger partial charge in [0.25, 0.3) is 0 Å². The SMILES string of the molecule is CCOc1ccc(NC(=O)CSc2nnnn2-c2ccccc2OC)cc1. The summed E-state index contributed by atoms with van der Waals surface area (Å²) in [4.78, 5) is 12.2. The molecule has 0 aliphatic rings. The topological polar surface area (TPSA) is 91.2 Å². The van der Waals surface area contributed by atoms with Gasteiger partial charge in [-0.15, -0.1) is 5.10 Å². The van der Waals surface area contributed by atoms with Gasteiger partial charge >= 0.3 is 0 Å². The van der Waals surface area contributed by atoms with Crippen LogP contribution in [-0.4, -0.2) is 45.6 Å². The highest BCUT2D eigenvalue weighted by Gasteiger charge is 2.14. The third-order valence-electron chi connectivity index (χ3n) is 3.54. The lowest BCUT2D eigenvalue weighted by molar-refractivity contribution is -0.113. The first-order valence-electron chi connectivity index (χ1n) is 8.28. The van der Waals surface area contributed by atoms with Crippen molar-refractivity contribution in [3.63, 3.8) is 0 Å². The number of hydrogen-bond donors (Lipinski definition) is 1. The van der Waals surface area contributed by atoms with Crippen LogP contribution in [0.1, 0.15) is 6.92 Å². The summed E-state index contributed by atoms with van der Waals surface area (Å²) in [5, 5.41) is 15.0. The van der Waals surface area contributed by atoms with Crippen molar-refractivity contribution in [2.45, 2.75) is 12.1 Å². The van der Waals surface area contributed by atoms with Crippen molar-refractivity contribution < 1.29 is 14.3 Å². The number of carbonyl (C=O) groups is 1. The predicted molar refractivity (Wildman–Crippen MR) is 103 cm³/mol. The van der Waals surface area contributed by atoms with E-state index in [0.29, 0.717) is 28.9 Å². The van der Waals surface area contributed by atoms with E-state index in [1.165, 1.54) is 11.8 Å². The Morgan fingerprint density at radius 1 is 1.19 bits per heavy atom. The quantitative estimate of drug-likeness (QED) is 0.596. The molecule has 0 aliphatic carbocycles. The summed E-state index contributed by atoms with van der Waals surface area (Å²) in [6, 6.07) is 14.6. The summed E-state index contributed by atoms with van der Waals surface area (Å²) in [6.07, 6.45) is 0. The lowest BCUT2D eigenvalue weighted by Crippen LogP contribution is -2.14. The standard InChI is InChI=1S/C18H19N5O3S/c1-3-26-14-10-8-13(9-11-14)19-17(24)12-27-18-20-21-22-23(18)15-6-4-5-7-16(15)25-2/h4-11H,3,12H2,1-2H3,(H,19,24). The molecule has 3 aromatic rings. The average molecular weight is 385 g/mol. The lowest BCUT2D eigenvalue weighted by atomic mass is 10.3. The number of benzene rings is 2. The molecule has 3 rings (SSSR count). The number of para-hydroxylation sites is 2.